The van der Waals surface area contributed by atoms with E-state index in [0.29, 0.717) is 0 Å². The Labute approximate surface area is 86.0 Å². The minimum absolute atomic E-state index is 0.0831. The largest absolute Gasteiger partial charge is 0.497 e. The first-order valence-corrected chi connectivity index (χ1v) is 4.77. The second kappa shape index (κ2) is 4.42. The monoisotopic (exact) mass is 242 g/mol. The van der Waals surface area contributed by atoms with Gasteiger partial charge in [0.25, 0.3) is 0 Å². The molecule has 70 valence electrons. The molecule has 0 amide bonds. The molecule has 1 aromatic rings. The van der Waals surface area contributed by atoms with Gasteiger partial charge in [0.2, 0.25) is 0 Å². The first kappa shape index (κ1) is 10.3. The molecular weight excluding hydrogens is 232 g/mol. The Morgan fingerprint density at radius 3 is 2.69 bits per heavy atom. The van der Waals surface area contributed by atoms with Crippen molar-refractivity contribution >= 4 is 22.2 Å². The van der Waals surface area contributed by atoms with Crippen LogP contribution in [0.5, 0.6) is 5.75 Å². The van der Waals surface area contributed by atoms with Crippen molar-refractivity contribution in [3.8, 4) is 5.75 Å². The predicted octanol–water partition coefficient (Wildman–Crippen LogP) is 2.76. The van der Waals surface area contributed by atoms with Crippen LogP contribution in [0.3, 0.4) is 0 Å². The molecule has 0 aliphatic carbocycles. The summed E-state index contributed by atoms with van der Waals surface area (Å²) in [5, 5.41) is 0. The molecular formula is C10H11BrO2. The fourth-order valence-electron chi connectivity index (χ4n) is 1.08. The average Bonchev–Trinajstić information content (AvgIpc) is 2.16. The molecule has 0 fully saturated rings. The van der Waals surface area contributed by atoms with Gasteiger partial charge >= 0.3 is 0 Å². The van der Waals surface area contributed by atoms with E-state index in [-0.39, 0.29) is 5.92 Å². The molecule has 0 bridgehead atoms. The van der Waals surface area contributed by atoms with Crippen LogP contribution in [-0.2, 0) is 4.79 Å². The maximum atomic E-state index is 10.6. The Balaban J connectivity index is 3.04. The molecule has 0 aliphatic heterocycles. The summed E-state index contributed by atoms with van der Waals surface area (Å²) in [6.45, 7) is 1.86. The molecule has 2 nitrogen and oxygen atoms in total. The highest BCUT2D eigenvalue weighted by Gasteiger charge is 2.08. The lowest BCUT2D eigenvalue weighted by atomic mass is 10.0. The summed E-state index contributed by atoms with van der Waals surface area (Å²) < 4.78 is 5.95. The normalized spacial score (nSPS) is 12.2. The number of halogens is 1. The minimum atomic E-state index is -0.0831. The Hall–Kier alpha value is -0.830. The van der Waals surface area contributed by atoms with Gasteiger partial charge in [0, 0.05) is 10.4 Å². The zero-order chi connectivity index (χ0) is 9.84. The van der Waals surface area contributed by atoms with Gasteiger partial charge in [-0.15, -0.1) is 0 Å². The molecule has 0 aromatic heterocycles. The summed E-state index contributed by atoms with van der Waals surface area (Å²) >= 11 is 3.39. The summed E-state index contributed by atoms with van der Waals surface area (Å²) in [5.74, 6) is 0.703. The molecule has 0 N–H and O–H groups in total. The number of hydrogen-bond acceptors (Lipinski definition) is 2. The summed E-state index contributed by atoms with van der Waals surface area (Å²) in [4.78, 5) is 10.6. The predicted molar refractivity (Wildman–Crippen MR) is 55.2 cm³/mol. The number of rotatable bonds is 3. The van der Waals surface area contributed by atoms with Crippen LogP contribution < -0.4 is 4.74 Å². The Kier molecular flexibility index (Phi) is 3.48. The van der Waals surface area contributed by atoms with Crippen molar-refractivity contribution in [2.75, 3.05) is 7.11 Å². The molecule has 1 rings (SSSR count). The quantitative estimate of drug-likeness (QED) is 0.763. The summed E-state index contributed by atoms with van der Waals surface area (Å²) in [6.07, 6.45) is 0.923. The molecule has 0 radical (unpaired) electrons. The van der Waals surface area contributed by atoms with Crippen LogP contribution in [0.25, 0.3) is 0 Å². The van der Waals surface area contributed by atoms with Gasteiger partial charge in [0.15, 0.2) is 0 Å². The molecule has 0 aliphatic rings. The van der Waals surface area contributed by atoms with Gasteiger partial charge in [-0.2, -0.15) is 0 Å². The topological polar surface area (TPSA) is 26.3 Å². The number of carbonyl (C=O) groups excluding carboxylic acids is 1. The highest BCUT2D eigenvalue weighted by atomic mass is 79.9. The molecule has 0 heterocycles. The van der Waals surface area contributed by atoms with Gasteiger partial charge in [-0.25, -0.2) is 0 Å². The Morgan fingerprint density at radius 2 is 2.23 bits per heavy atom. The van der Waals surface area contributed by atoms with Crippen molar-refractivity contribution < 1.29 is 9.53 Å². The van der Waals surface area contributed by atoms with Crippen LogP contribution in [0.1, 0.15) is 18.4 Å². The number of hydrogen-bond donors (Lipinski definition) is 0. The minimum Gasteiger partial charge on any atom is -0.497 e. The van der Waals surface area contributed by atoms with Crippen molar-refractivity contribution in [3.63, 3.8) is 0 Å². The van der Waals surface area contributed by atoms with E-state index in [4.69, 9.17) is 4.74 Å². The van der Waals surface area contributed by atoms with Crippen molar-refractivity contribution in [2.45, 2.75) is 12.8 Å². The van der Waals surface area contributed by atoms with Gasteiger partial charge in [-0.3, -0.25) is 0 Å². The Morgan fingerprint density at radius 1 is 1.54 bits per heavy atom. The first-order valence-electron chi connectivity index (χ1n) is 3.97. The molecule has 0 saturated heterocycles. The van der Waals surface area contributed by atoms with Gasteiger partial charge in [-0.05, 0) is 17.7 Å². The van der Waals surface area contributed by atoms with Crippen LogP contribution in [0, 0.1) is 0 Å². The second-order valence-electron chi connectivity index (χ2n) is 2.81. The van der Waals surface area contributed by atoms with E-state index in [1.54, 1.807) is 7.11 Å². The van der Waals surface area contributed by atoms with E-state index in [1.165, 1.54) is 0 Å². The van der Waals surface area contributed by atoms with E-state index in [0.717, 1.165) is 22.1 Å². The van der Waals surface area contributed by atoms with E-state index in [9.17, 15) is 4.79 Å². The SMILES string of the molecule is COc1ccc(C(C)C=O)c(Br)c1. The number of ether oxygens (including phenoxy) is 1. The van der Waals surface area contributed by atoms with Crippen LogP contribution >= 0.6 is 15.9 Å². The first-order chi connectivity index (χ1) is 6.19. The molecule has 1 aromatic carbocycles. The maximum Gasteiger partial charge on any atom is 0.127 e. The Bertz CT molecular complexity index is 310. The number of carbonyl (C=O) groups is 1. The summed E-state index contributed by atoms with van der Waals surface area (Å²) in [6, 6.07) is 5.59. The number of aldehydes is 1. The standard InChI is InChI=1S/C10H11BrO2/c1-7(6-12)9-4-3-8(13-2)5-10(9)11/h3-7H,1-2H3. The zero-order valence-corrected chi connectivity index (χ0v) is 9.17. The molecule has 3 heteroatoms. The molecule has 1 atom stereocenters. The number of benzene rings is 1. The van der Waals surface area contributed by atoms with Gasteiger partial charge in [0.05, 0.1) is 7.11 Å². The van der Waals surface area contributed by atoms with E-state index >= 15 is 0 Å². The molecule has 13 heavy (non-hydrogen) atoms. The van der Waals surface area contributed by atoms with Crippen LogP contribution in [0.4, 0.5) is 0 Å². The van der Waals surface area contributed by atoms with Crippen molar-refractivity contribution in [1.82, 2.24) is 0 Å². The van der Waals surface area contributed by atoms with Crippen molar-refractivity contribution in [2.24, 2.45) is 0 Å². The van der Waals surface area contributed by atoms with E-state index < -0.39 is 0 Å². The maximum absolute atomic E-state index is 10.6. The van der Waals surface area contributed by atoms with Gasteiger partial charge in [0.1, 0.15) is 12.0 Å². The molecule has 1 unspecified atom stereocenters. The lowest BCUT2D eigenvalue weighted by Crippen LogP contribution is -1.95. The third-order valence-corrected chi connectivity index (χ3v) is 2.59. The lowest BCUT2D eigenvalue weighted by Gasteiger charge is -2.08. The van der Waals surface area contributed by atoms with Crippen LogP contribution in [-0.4, -0.2) is 13.4 Å². The fourth-order valence-corrected chi connectivity index (χ4v) is 1.80. The summed E-state index contributed by atoms with van der Waals surface area (Å²) in [7, 11) is 1.62. The smallest absolute Gasteiger partial charge is 0.127 e. The third-order valence-electron chi connectivity index (χ3n) is 1.90. The van der Waals surface area contributed by atoms with E-state index in [1.807, 2.05) is 25.1 Å². The second-order valence-corrected chi connectivity index (χ2v) is 3.67. The fraction of sp³-hybridized carbons (Fsp3) is 0.300. The summed E-state index contributed by atoms with van der Waals surface area (Å²) in [5.41, 5.74) is 0.982. The third kappa shape index (κ3) is 2.31. The lowest BCUT2D eigenvalue weighted by molar-refractivity contribution is -0.108. The zero-order valence-electron chi connectivity index (χ0n) is 7.58. The van der Waals surface area contributed by atoms with Crippen LogP contribution in [0.15, 0.2) is 22.7 Å². The highest BCUT2D eigenvalue weighted by molar-refractivity contribution is 9.10. The van der Waals surface area contributed by atoms with Crippen molar-refractivity contribution in [3.05, 3.63) is 28.2 Å². The average molecular weight is 243 g/mol. The number of methoxy groups -OCH3 is 1. The molecule has 0 saturated carbocycles. The molecule has 0 spiro atoms. The van der Waals surface area contributed by atoms with Crippen LogP contribution in [0.2, 0.25) is 0 Å². The van der Waals surface area contributed by atoms with Crippen molar-refractivity contribution in [1.29, 1.82) is 0 Å². The highest BCUT2D eigenvalue weighted by Crippen LogP contribution is 2.27. The van der Waals surface area contributed by atoms with E-state index in [2.05, 4.69) is 15.9 Å². The van der Waals surface area contributed by atoms with Gasteiger partial charge < -0.3 is 9.53 Å². The van der Waals surface area contributed by atoms with Gasteiger partial charge in [-0.1, -0.05) is 28.9 Å².